The van der Waals surface area contributed by atoms with E-state index in [4.69, 9.17) is 0 Å². The molecule has 1 amide bonds. The van der Waals surface area contributed by atoms with Crippen molar-refractivity contribution in [1.29, 1.82) is 0 Å². The van der Waals surface area contributed by atoms with Gasteiger partial charge in [0.25, 0.3) is 0 Å². The molecule has 0 saturated carbocycles. The maximum absolute atomic E-state index is 13.8. The number of alkyl halides is 3. The molecule has 0 aromatic heterocycles. The van der Waals surface area contributed by atoms with Crippen LogP contribution in [0.4, 0.5) is 13.2 Å². The van der Waals surface area contributed by atoms with E-state index in [1.165, 1.54) is 0 Å². The molecule has 1 heterocycles. The van der Waals surface area contributed by atoms with Gasteiger partial charge in [0.2, 0.25) is 0 Å². The van der Waals surface area contributed by atoms with Crippen molar-refractivity contribution in [3.05, 3.63) is 91.0 Å². The van der Waals surface area contributed by atoms with Gasteiger partial charge in [-0.3, -0.25) is 0 Å². The molecule has 32 heavy (non-hydrogen) atoms. The second kappa shape index (κ2) is 8.64. The molecule has 168 valence electrons. The Kier molecular flexibility index (Phi) is 6.21. The molecule has 7 heteroatoms. The predicted octanol–water partition coefficient (Wildman–Crippen LogP) is 5.38. The third-order valence-electron chi connectivity index (χ3n) is 6.24. The Morgan fingerprint density at radius 2 is 1.22 bits per heavy atom. The zero-order valence-electron chi connectivity index (χ0n) is 17.4. The summed E-state index contributed by atoms with van der Waals surface area (Å²) in [5, 5.41) is -0.875. The van der Waals surface area contributed by atoms with Crippen LogP contribution in [0.5, 0.6) is 0 Å². The molecule has 3 aromatic rings. The Bertz CT molecular complexity index is 977. The van der Waals surface area contributed by atoms with Crippen molar-refractivity contribution in [2.75, 3.05) is 13.1 Å². The van der Waals surface area contributed by atoms with Crippen LogP contribution in [-0.2, 0) is 4.79 Å². The second-order valence-corrected chi connectivity index (χ2v) is 16.9. The van der Waals surface area contributed by atoms with Crippen molar-refractivity contribution in [1.82, 2.24) is 4.90 Å². The number of carbonyl (C=O) groups is 1. The number of amides is 1. The molecule has 1 fully saturated rings. The summed E-state index contributed by atoms with van der Waals surface area (Å²) >= 11 is 4.23. The zero-order chi connectivity index (χ0) is 22.8. The van der Waals surface area contributed by atoms with Crippen LogP contribution in [0, 0.1) is 0 Å². The molecule has 0 aliphatic carbocycles. The first-order valence-corrected chi connectivity index (χ1v) is 14.8. The van der Waals surface area contributed by atoms with Gasteiger partial charge in [-0.25, -0.2) is 0 Å². The first kappa shape index (κ1) is 23.0. The van der Waals surface area contributed by atoms with E-state index < -0.39 is 29.6 Å². The summed E-state index contributed by atoms with van der Waals surface area (Å²) in [6.07, 6.45) is -3.41. The Morgan fingerprint density at radius 3 is 1.59 bits per heavy atom. The van der Waals surface area contributed by atoms with E-state index >= 15 is 0 Å². The average molecular weight is 522 g/mol. The van der Waals surface area contributed by atoms with Crippen LogP contribution >= 0.6 is 20.8 Å². The first-order valence-electron chi connectivity index (χ1n) is 10.5. The number of benzene rings is 3. The minimum absolute atomic E-state index is 0.118. The van der Waals surface area contributed by atoms with Crippen LogP contribution in [0.25, 0.3) is 0 Å². The SMILES string of the molecule is O=C1C(P(Br)(c2ccccc2)(c2ccccc2)c2ccccc2)CCCN1CC(F)(F)F. The molecule has 4 rings (SSSR count). The first-order chi connectivity index (χ1) is 15.3. The van der Waals surface area contributed by atoms with Gasteiger partial charge in [0.15, 0.2) is 0 Å². The van der Waals surface area contributed by atoms with Crippen molar-refractivity contribution in [3.63, 3.8) is 0 Å². The number of carbonyl (C=O) groups excluding carboxylic acids is 1. The number of likely N-dealkylation sites (tertiary alicyclic amines) is 1. The average Bonchev–Trinajstić information content (AvgIpc) is 2.81. The van der Waals surface area contributed by atoms with Gasteiger partial charge in [-0.15, -0.1) is 0 Å². The number of nitrogens with zero attached hydrogens (tertiary/aromatic N) is 1. The molecule has 0 N–H and O–H groups in total. The predicted molar refractivity (Wildman–Crippen MR) is 130 cm³/mol. The van der Waals surface area contributed by atoms with Gasteiger partial charge in [0.1, 0.15) is 0 Å². The van der Waals surface area contributed by atoms with Crippen molar-refractivity contribution in [2.24, 2.45) is 0 Å². The molecule has 1 atom stereocenters. The summed E-state index contributed by atoms with van der Waals surface area (Å²) in [7, 11) is 0. The molecule has 2 nitrogen and oxygen atoms in total. The molecule has 3 aromatic carbocycles. The van der Waals surface area contributed by atoms with Crippen molar-refractivity contribution < 1.29 is 18.0 Å². The van der Waals surface area contributed by atoms with E-state index in [1.54, 1.807) is 0 Å². The van der Waals surface area contributed by atoms with Crippen LogP contribution in [0.3, 0.4) is 0 Å². The Hall–Kier alpha value is -2.17. The number of hydrogen-bond acceptors (Lipinski definition) is 1. The summed E-state index contributed by atoms with van der Waals surface area (Å²) in [6.45, 7) is -1.10. The molecule has 1 aliphatic heterocycles. The summed E-state index contributed by atoms with van der Waals surface area (Å²) in [6, 6.07) is 29.2. The van der Waals surface area contributed by atoms with Crippen LogP contribution in [0.2, 0.25) is 0 Å². The quantitative estimate of drug-likeness (QED) is 0.413. The zero-order valence-corrected chi connectivity index (χ0v) is 19.9. The van der Waals surface area contributed by atoms with Gasteiger partial charge < -0.3 is 0 Å². The maximum atomic E-state index is 13.8. The van der Waals surface area contributed by atoms with Crippen LogP contribution in [0.15, 0.2) is 91.0 Å². The topological polar surface area (TPSA) is 20.3 Å². The molecule has 1 saturated heterocycles. The Labute approximate surface area is 194 Å². The van der Waals surface area contributed by atoms with Gasteiger partial charge >= 0.3 is 194 Å². The van der Waals surface area contributed by atoms with E-state index in [-0.39, 0.29) is 6.54 Å². The van der Waals surface area contributed by atoms with Gasteiger partial charge in [-0.1, -0.05) is 0 Å². The summed E-state index contributed by atoms with van der Waals surface area (Å²) in [4.78, 5) is 14.8. The molecule has 0 radical (unpaired) electrons. The third kappa shape index (κ3) is 3.78. The van der Waals surface area contributed by atoms with Crippen molar-refractivity contribution >= 4 is 42.6 Å². The van der Waals surface area contributed by atoms with E-state index in [0.717, 1.165) is 20.8 Å². The summed E-state index contributed by atoms with van der Waals surface area (Å²) in [5.74, 6) is -0.445. The molecule has 1 aliphatic rings. The fraction of sp³-hybridized carbons (Fsp3) is 0.240. The fourth-order valence-electron chi connectivity index (χ4n) is 4.89. The molecule has 1 unspecified atom stereocenters. The minimum atomic E-state index is -4.44. The third-order valence-corrected chi connectivity index (χ3v) is 17.0. The standard InChI is InChI=1S/C25H24BrF3NOP/c26-32(20-11-4-1-5-12-20,21-13-6-2-7-14-21,22-15-8-3-9-16-22)23-17-10-18-30(24(23)31)19-25(27,28)29/h1-9,11-16,23H,10,17-19H2. The van der Waals surface area contributed by atoms with Gasteiger partial charge in [-0.2, -0.15) is 0 Å². The van der Waals surface area contributed by atoms with E-state index in [1.807, 2.05) is 91.0 Å². The number of piperidine rings is 1. The van der Waals surface area contributed by atoms with Gasteiger partial charge in [-0.05, 0) is 0 Å². The molecule has 0 spiro atoms. The van der Waals surface area contributed by atoms with E-state index in [0.29, 0.717) is 12.8 Å². The Morgan fingerprint density at radius 1 is 0.812 bits per heavy atom. The summed E-state index contributed by atoms with van der Waals surface area (Å²) < 4.78 is 39.9. The number of rotatable bonds is 5. The molecular formula is C25H24BrF3NOP. The van der Waals surface area contributed by atoms with Crippen molar-refractivity contribution in [2.45, 2.75) is 24.7 Å². The van der Waals surface area contributed by atoms with E-state index in [2.05, 4.69) is 15.5 Å². The second-order valence-electron chi connectivity index (χ2n) is 8.11. The normalized spacial score (nSPS) is 18.8. The van der Waals surface area contributed by atoms with E-state index in [9.17, 15) is 18.0 Å². The van der Waals surface area contributed by atoms with Gasteiger partial charge in [0, 0.05) is 0 Å². The van der Waals surface area contributed by atoms with Crippen LogP contribution in [-0.4, -0.2) is 35.7 Å². The van der Waals surface area contributed by atoms with Crippen molar-refractivity contribution in [3.8, 4) is 0 Å². The van der Waals surface area contributed by atoms with Gasteiger partial charge in [0.05, 0.1) is 0 Å². The van der Waals surface area contributed by atoms with Crippen LogP contribution in [0.1, 0.15) is 12.8 Å². The van der Waals surface area contributed by atoms with Crippen LogP contribution < -0.4 is 15.9 Å². The number of hydrogen-bond donors (Lipinski definition) is 0. The molecule has 0 bridgehead atoms. The molecular weight excluding hydrogens is 498 g/mol. The summed E-state index contributed by atoms with van der Waals surface area (Å²) in [5.41, 5.74) is -0.649. The monoisotopic (exact) mass is 521 g/mol. The Balaban J connectivity index is 2.03. The fourth-order valence-corrected chi connectivity index (χ4v) is 13.6. The number of halogens is 4.